The van der Waals surface area contributed by atoms with E-state index in [2.05, 4.69) is 15.1 Å². The van der Waals surface area contributed by atoms with Crippen molar-refractivity contribution in [1.82, 2.24) is 20.0 Å². The zero-order valence-corrected chi connectivity index (χ0v) is 13.5. The van der Waals surface area contributed by atoms with Crippen molar-refractivity contribution in [2.45, 2.75) is 39.5 Å². The third kappa shape index (κ3) is 3.04. The summed E-state index contributed by atoms with van der Waals surface area (Å²) in [7, 11) is 0. The minimum Gasteiger partial charge on any atom is -0.361 e. The molecule has 0 radical (unpaired) electrons. The first-order valence-electron chi connectivity index (χ1n) is 7.75. The Balaban J connectivity index is 1.83. The standard InChI is InChI=1S/C16H20N4O3/c1-9-15(10(2)23-19-9)16(22)20-6-4-5-12(8-20)13-7-14(21)18-11(3)17-13/h7,12H,4-6,8H2,1-3H3,(H,17,18,21)/t12-/m1/s1. The second-order valence-corrected chi connectivity index (χ2v) is 6.05. The Morgan fingerprint density at radius 1 is 1.39 bits per heavy atom. The van der Waals surface area contributed by atoms with E-state index < -0.39 is 0 Å². The highest BCUT2D eigenvalue weighted by atomic mass is 16.5. The van der Waals surface area contributed by atoms with Crippen LogP contribution in [-0.2, 0) is 0 Å². The van der Waals surface area contributed by atoms with Gasteiger partial charge in [0.1, 0.15) is 17.1 Å². The van der Waals surface area contributed by atoms with Crippen LogP contribution in [0.2, 0.25) is 0 Å². The molecule has 3 heterocycles. The molecular weight excluding hydrogens is 296 g/mol. The molecule has 0 aliphatic carbocycles. The van der Waals surface area contributed by atoms with Gasteiger partial charge in [0.2, 0.25) is 0 Å². The molecule has 1 N–H and O–H groups in total. The molecule has 1 aliphatic heterocycles. The molecule has 1 saturated heterocycles. The van der Waals surface area contributed by atoms with Crippen molar-refractivity contribution in [1.29, 1.82) is 0 Å². The average molecular weight is 316 g/mol. The molecule has 0 unspecified atom stereocenters. The molecule has 7 heteroatoms. The van der Waals surface area contributed by atoms with E-state index in [1.54, 1.807) is 25.7 Å². The largest absolute Gasteiger partial charge is 0.361 e. The van der Waals surface area contributed by atoms with Gasteiger partial charge in [0.05, 0.1) is 11.4 Å². The normalized spacial score (nSPS) is 18.2. The number of aryl methyl sites for hydroxylation is 3. The van der Waals surface area contributed by atoms with Crippen LogP contribution in [0.15, 0.2) is 15.4 Å². The summed E-state index contributed by atoms with van der Waals surface area (Å²) in [4.78, 5) is 33.3. The number of nitrogens with zero attached hydrogens (tertiary/aromatic N) is 3. The Bertz CT molecular complexity index is 773. The van der Waals surface area contributed by atoms with Gasteiger partial charge in [-0.05, 0) is 33.6 Å². The SMILES string of the molecule is Cc1nc([C@@H]2CCCN(C(=O)c3c(C)noc3C)C2)cc(=O)[nH]1. The van der Waals surface area contributed by atoms with E-state index in [1.807, 2.05) is 0 Å². The Labute approximate surface area is 133 Å². The van der Waals surface area contributed by atoms with Crippen LogP contribution in [0.3, 0.4) is 0 Å². The first-order valence-corrected chi connectivity index (χ1v) is 7.75. The molecule has 0 saturated carbocycles. The van der Waals surface area contributed by atoms with Crippen molar-refractivity contribution in [3.8, 4) is 0 Å². The number of aromatic amines is 1. The van der Waals surface area contributed by atoms with E-state index in [0.29, 0.717) is 35.9 Å². The van der Waals surface area contributed by atoms with E-state index in [1.165, 1.54) is 6.07 Å². The number of amides is 1. The number of rotatable bonds is 2. The first-order chi connectivity index (χ1) is 11.0. The molecule has 1 fully saturated rings. The predicted octanol–water partition coefficient (Wildman–Crippen LogP) is 1.70. The number of H-pyrrole nitrogens is 1. The number of hydrogen-bond acceptors (Lipinski definition) is 5. The van der Waals surface area contributed by atoms with Crippen molar-refractivity contribution in [2.75, 3.05) is 13.1 Å². The number of carbonyl (C=O) groups excluding carboxylic acids is 1. The van der Waals surface area contributed by atoms with Crippen LogP contribution < -0.4 is 5.56 Å². The van der Waals surface area contributed by atoms with Gasteiger partial charge in [0.15, 0.2) is 0 Å². The second kappa shape index (κ2) is 5.98. The van der Waals surface area contributed by atoms with Gasteiger partial charge in [-0.15, -0.1) is 0 Å². The summed E-state index contributed by atoms with van der Waals surface area (Å²) in [6.45, 7) is 6.53. The van der Waals surface area contributed by atoms with Crippen molar-refractivity contribution >= 4 is 5.91 Å². The van der Waals surface area contributed by atoms with E-state index in [4.69, 9.17) is 4.52 Å². The maximum atomic E-state index is 12.8. The van der Waals surface area contributed by atoms with Gasteiger partial charge in [-0.3, -0.25) is 9.59 Å². The maximum absolute atomic E-state index is 12.8. The molecule has 3 rings (SSSR count). The molecule has 1 amide bonds. The molecule has 0 bridgehead atoms. The molecule has 0 spiro atoms. The van der Waals surface area contributed by atoms with Gasteiger partial charge in [0, 0.05) is 25.1 Å². The number of likely N-dealkylation sites (tertiary alicyclic amines) is 1. The van der Waals surface area contributed by atoms with Gasteiger partial charge in [0.25, 0.3) is 11.5 Å². The molecular formula is C16H20N4O3. The third-order valence-corrected chi connectivity index (χ3v) is 4.25. The van der Waals surface area contributed by atoms with Crippen LogP contribution in [0.4, 0.5) is 0 Å². The summed E-state index contributed by atoms with van der Waals surface area (Å²) < 4.78 is 5.09. The summed E-state index contributed by atoms with van der Waals surface area (Å²) >= 11 is 0. The lowest BCUT2D eigenvalue weighted by molar-refractivity contribution is 0.0703. The van der Waals surface area contributed by atoms with Crippen molar-refractivity contribution < 1.29 is 9.32 Å². The van der Waals surface area contributed by atoms with Crippen molar-refractivity contribution in [3.63, 3.8) is 0 Å². The van der Waals surface area contributed by atoms with Gasteiger partial charge in [-0.1, -0.05) is 5.16 Å². The van der Waals surface area contributed by atoms with Crippen LogP contribution >= 0.6 is 0 Å². The molecule has 1 aliphatic rings. The highest BCUT2D eigenvalue weighted by Crippen LogP contribution is 2.27. The lowest BCUT2D eigenvalue weighted by Gasteiger charge is -2.32. The molecule has 122 valence electrons. The van der Waals surface area contributed by atoms with Crippen LogP contribution in [0.1, 0.15) is 52.1 Å². The van der Waals surface area contributed by atoms with Crippen LogP contribution in [0, 0.1) is 20.8 Å². The van der Waals surface area contributed by atoms with Crippen LogP contribution in [-0.4, -0.2) is 39.0 Å². The Morgan fingerprint density at radius 2 is 2.17 bits per heavy atom. The van der Waals surface area contributed by atoms with Gasteiger partial charge >= 0.3 is 0 Å². The Hall–Kier alpha value is -2.44. The molecule has 2 aromatic rings. The van der Waals surface area contributed by atoms with Gasteiger partial charge in [-0.25, -0.2) is 4.98 Å². The summed E-state index contributed by atoms with van der Waals surface area (Å²) in [6, 6.07) is 1.53. The van der Waals surface area contributed by atoms with Crippen LogP contribution in [0.5, 0.6) is 0 Å². The summed E-state index contributed by atoms with van der Waals surface area (Å²) in [6.07, 6.45) is 1.80. The van der Waals surface area contributed by atoms with Crippen molar-refractivity contribution in [3.05, 3.63) is 45.0 Å². The highest BCUT2D eigenvalue weighted by molar-refractivity contribution is 5.96. The monoisotopic (exact) mass is 316 g/mol. The van der Waals surface area contributed by atoms with E-state index >= 15 is 0 Å². The highest BCUT2D eigenvalue weighted by Gasteiger charge is 2.29. The minimum atomic E-state index is -0.151. The smallest absolute Gasteiger partial charge is 0.259 e. The van der Waals surface area contributed by atoms with Crippen molar-refractivity contribution in [2.24, 2.45) is 0 Å². The summed E-state index contributed by atoms with van der Waals surface area (Å²) in [5, 5.41) is 3.85. The third-order valence-electron chi connectivity index (χ3n) is 4.25. The minimum absolute atomic E-state index is 0.0625. The van der Waals surface area contributed by atoms with E-state index in [9.17, 15) is 9.59 Å². The number of piperidine rings is 1. The molecule has 1 atom stereocenters. The fourth-order valence-corrected chi connectivity index (χ4v) is 3.16. The predicted molar refractivity (Wildman–Crippen MR) is 83.5 cm³/mol. The zero-order chi connectivity index (χ0) is 16.6. The second-order valence-electron chi connectivity index (χ2n) is 6.05. The summed E-state index contributed by atoms with van der Waals surface area (Å²) in [5.41, 5.74) is 1.75. The number of hydrogen-bond donors (Lipinski definition) is 1. The lowest BCUT2D eigenvalue weighted by Crippen LogP contribution is -2.40. The Morgan fingerprint density at radius 3 is 2.83 bits per heavy atom. The van der Waals surface area contributed by atoms with E-state index in [-0.39, 0.29) is 17.4 Å². The maximum Gasteiger partial charge on any atom is 0.259 e. The fourth-order valence-electron chi connectivity index (χ4n) is 3.16. The van der Waals surface area contributed by atoms with E-state index in [0.717, 1.165) is 18.5 Å². The van der Waals surface area contributed by atoms with Gasteiger partial charge < -0.3 is 14.4 Å². The molecule has 23 heavy (non-hydrogen) atoms. The lowest BCUT2D eigenvalue weighted by atomic mass is 9.94. The molecule has 0 aromatic carbocycles. The number of nitrogens with one attached hydrogen (secondary N) is 1. The Kier molecular flexibility index (Phi) is 4.02. The zero-order valence-electron chi connectivity index (χ0n) is 13.5. The molecule has 2 aromatic heterocycles. The fraction of sp³-hybridized carbons (Fsp3) is 0.500. The van der Waals surface area contributed by atoms with Crippen LogP contribution in [0.25, 0.3) is 0 Å². The molecule has 7 nitrogen and oxygen atoms in total. The summed E-state index contributed by atoms with van der Waals surface area (Å²) in [5.74, 6) is 1.16. The van der Waals surface area contributed by atoms with Gasteiger partial charge in [-0.2, -0.15) is 0 Å². The number of carbonyl (C=O) groups is 1. The topological polar surface area (TPSA) is 92.1 Å². The number of aromatic nitrogens is 3. The first kappa shape index (κ1) is 15.5. The average Bonchev–Trinajstić information content (AvgIpc) is 2.85. The quantitative estimate of drug-likeness (QED) is 0.910.